The number of hydrogen-bond donors (Lipinski definition) is 1. The van der Waals surface area contributed by atoms with E-state index in [4.69, 9.17) is 5.26 Å². The van der Waals surface area contributed by atoms with Crippen molar-refractivity contribution in [3.05, 3.63) is 28.4 Å². The summed E-state index contributed by atoms with van der Waals surface area (Å²) in [6, 6.07) is 4.63. The molecular weight excluding hydrogens is 234 g/mol. The van der Waals surface area contributed by atoms with Gasteiger partial charge >= 0.3 is 0 Å². The molecule has 0 saturated heterocycles. The number of nitriles is 1. The van der Waals surface area contributed by atoms with Crippen LogP contribution in [-0.4, -0.2) is 41.5 Å². The minimum absolute atomic E-state index is 0.0673. The van der Waals surface area contributed by atoms with E-state index < -0.39 is 4.92 Å². The normalized spacial score (nSPS) is 11.9. The van der Waals surface area contributed by atoms with Crippen LogP contribution in [0.15, 0.2) is 18.3 Å². The fraction of sp³-hybridized carbons (Fsp3) is 0.455. The Kier molecular flexibility index (Phi) is 5.02. The second kappa shape index (κ2) is 6.51. The molecule has 96 valence electrons. The van der Waals surface area contributed by atoms with Crippen molar-refractivity contribution in [3.63, 3.8) is 0 Å². The van der Waals surface area contributed by atoms with Crippen molar-refractivity contribution in [1.82, 2.24) is 9.88 Å². The molecule has 0 saturated carbocycles. The minimum atomic E-state index is -0.509. The third kappa shape index (κ3) is 4.35. The second-order valence-electron chi connectivity index (χ2n) is 4.08. The maximum atomic E-state index is 10.5. The molecule has 1 atom stereocenters. The van der Waals surface area contributed by atoms with Gasteiger partial charge in [0.25, 0.3) is 5.69 Å². The lowest BCUT2D eigenvalue weighted by atomic mass is 10.2. The molecule has 0 aliphatic carbocycles. The molecular formula is C11H15N5O2. The standard InChI is InChI=1S/C11H15N5O2/c1-15(2)6-5-9(7-12)14-11-4-3-10(8-13-11)16(17)18/h3-4,8-9H,5-6H2,1-2H3,(H,13,14). The Morgan fingerprint density at radius 3 is 2.78 bits per heavy atom. The van der Waals surface area contributed by atoms with E-state index in [0.29, 0.717) is 12.2 Å². The molecule has 0 aromatic carbocycles. The van der Waals surface area contributed by atoms with Crippen LogP contribution in [0.5, 0.6) is 0 Å². The van der Waals surface area contributed by atoms with Crippen molar-refractivity contribution < 1.29 is 4.92 Å². The monoisotopic (exact) mass is 249 g/mol. The van der Waals surface area contributed by atoms with E-state index in [1.54, 1.807) is 0 Å². The second-order valence-corrected chi connectivity index (χ2v) is 4.08. The van der Waals surface area contributed by atoms with Gasteiger partial charge in [0.1, 0.15) is 18.1 Å². The first-order valence-electron chi connectivity index (χ1n) is 5.44. The minimum Gasteiger partial charge on any atom is -0.354 e. The molecule has 1 aromatic rings. The van der Waals surface area contributed by atoms with Crippen molar-refractivity contribution in [2.45, 2.75) is 12.5 Å². The van der Waals surface area contributed by atoms with E-state index in [0.717, 1.165) is 6.54 Å². The smallest absolute Gasteiger partial charge is 0.287 e. The Morgan fingerprint density at radius 1 is 1.61 bits per heavy atom. The quantitative estimate of drug-likeness (QED) is 0.602. The Labute approximate surface area is 105 Å². The van der Waals surface area contributed by atoms with Gasteiger partial charge in [0.2, 0.25) is 0 Å². The molecule has 1 heterocycles. The summed E-state index contributed by atoms with van der Waals surface area (Å²) in [5.41, 5.74) is -0.0673. The fourth-order valence-electron chi connectivity index (χ4n) is 1.31. The molecule has 1 rings (SSSR count). The summed E-state index contributed by atoms with van der Waals surface area (Å²) in [5.74, 6) is 0.464. The number of pyridine rings is 1. The first-order chi connectivity index (χ1) is 8.52. The van der Waals surface area contributed by atoms with Gasteiger partial charge in [-0.1, -0.05) is 0 Å². The molecule has 0 fully saturated rings. The Morgan fingerprint density at radius 2 is 2.33 bits per heavy atom. The van der Waals surface area contributed by atoms with Gasteiger partial charge in [-0.15, -0.1) is 0 Å². The highest BCUT2D eigenvalue weighted by atomic mass is 16.6. The number of anilines is 1. The number of nitrogens with one attached hydrogen (secondary N) is 1. The number of aromatic nitrogens is 1. The predicted molar refractivity (Wildman–Crippen MR) is 67.1 cm³/mol. The summed E-state index contributed by atoms with van der Waals surface area (Å²) in [6.45, 7) is 0.776. The van der Waals surface area contributed by atoms with Crippen LogP contribution in [0.3, 0.4) is 0 Å². The highest BCUT2D eigenvalue weighted by Gasteiger charge is 2.10. The maximum absolute atomic E-state index is 10.5. The van der Waals surface area contributed by atoms with Gasteiger partial charge in [0.15, 0.2) is 0 Å². The maximum Gasteiger partial charge on any atom is 0.287 e. The zero-order chi connectivity index (χ0) is 13.5. The van der Waals surface area contributed by atoms with Crippen molar-refractivity contribution in [2.75, 3.05) is 26.0 Å². The molecule has 7 heteroatoms. The molecule has 7 nitrogen and oxygen atoms in total. The van der Waals surface area contributed by atoms with E-state index in [1.165, 1.54) is 18.3 Å². The fourth-order valence-corrected chi connectivity index (χ4v) is 1.31. The van der Waals surface area contributed by atoms with Gasteiger partial charge in [-0.25, -0.2) is 4.98 Å². The average Bonchev–Trinajstić information content (AvgIpc) is 2.34. The van der Waals surface area contributed by atoms with E-state index in [-0.39, 0.29) is 11.7 Å². The average molecular weight is 249 g/mol. The van der Waals surface area contributed by atoms with Gasteiger partial charge in [0.05, 0.1) is 11.0 Å². The van der Waals surface area contributed by atoms with E-state index in [1.807, 2.05) is 19.0 Å². The van der Waals surface area contributed by atoms with Crippen LogP contribution < -0.4 is 5.32 Å². The van der Waals surface area contributed by atoms with Crippen LogP contribution in [0.2, 0.25) is 0 Å². The summed E-state index contributed by atoms with van der Waals surface area (Å²) in [5, 5.41) is 22.4. The zero-order valence-corrected chi connectivity index (χ0v) is 10.3. The van der Waals surface area contributed by atoms with Crippen molar-refractivity contribution in [1.29, 1.82) is 5.26 Å². The van der Waals surface area contributed by atoms with E-state index >= 15 is 0 Å². The molecule has 0 amide bonds. The van der Waals surface area contributed by atoms with Crippen LogP contribution in [0.25, 0.3) is 0 Å². The molecule has 18 heavy (non-hydrogen) atoms. The molecule has 1 aromatic heterocycles. The third-order valence-electron chi connectivity index (χ3n) is 2.30. The lowest BCUT2D eigenvalue weighted by molar-refractivity contribution is -0.385. The Bertz CT molecular complexity index is 438. The lowest BCUT2D eigenvalue weighted by Crippen LogP contribution is -2.24. The number of nitro groups is 1. The number of hydrogen-bond acceptors (Lipinski definition) is 6. The first kappa shape index (κ1) is 13.9. The number of nitrogens with zero attached hydrogens (tertiary/aromatic N) is 4. The third-order valence-corrected chi connectivity index (χ3v) is 2.30. The van der Waals surface area contributed by atoms with Crippen molar-refractivity contribution >= 4 is 11.5 Å². The molecule has 0 spiro atoms. The summed E-state index contributed by atoms with van der Waals surface area (Å²) in [6.07, 6.45) is 1.82. The predicted octanol–water partition coefficient (Wildman–Crippen LogP) is 1.25. The van der Waals surface area contributed by atoms with E-state index in [9.17, 15) is 10.1 Å². The van der Waals surface area contributed by atoms with Crippen molar-refractivity contribution in [3.8, 4) is 6.07 Å². The van der Waals surface area contributed by atoms with Crippen molar-refractivity contribution in [2.24, 2.45) is 0 Å². The Balaban J connectivity index is 2.59. The van der Waals surface area contributed by atoms with Gasteiger partial charge in [-0.2, -0.15) is 5.26 Å². The van der Waals surface area contributed by atoms with Crippen LogP contribution in [0.4, 0.5) is 11.5 Å². The van der Waals surface area contributed by atoms with Crippen LogP contribution in [0.1, 0.15) is 6.42 Å². The lowest BCUT2D eigenvalue weighted by Gasteiger charge is -2.14. The molecule has 1 N–H and O–H groups in total. The summed E-state index contributed by atoms with van der Waals surface area (Å²) >= 11 is 0. The Hall–Kier alpha value is -2.20. The SMILES string of the molecule is CN(C)CCC(C#N)Nc1ccc([N+](=O)[O-])cn1. The molecule has 0 aliphatic rings. The molecule has 0 radical (unpaired) electrons. The highest BCUT2D eigenvalue weighted by Crippen LogP contribution is 2.13. The van der Waals surface area contributed by atoms with Gasteiger partial charge < -0.3 is 10.2 Å². The summed E-state index contributed by atoms with van der Waals surface area (Å²) < 4.78 is 0. The zero-order valence-electron chi connectivity index (χ0n) is 10.3. The van der Waals surface area contributed by atoms with Gasteiger partial charge in [-0.05, 0) is 26.6 Å². The van der Waals surface area contributed by atoms with Crippen LogP contribution >= 0.6 is 0 Å². The summed E-state index contributed by atoms with van der Waals surface area (Å²) in [4.78, 5) is 15.8. The molecule has 1 unspecified atom stereocenters. The van der Waals surface area contributed by atoms with E-state index in [2.05, 4.69) is 16.4 Å². The first-order valence-corrected chi connectivity index (χ1v) is 5.44. The molecule has 0 bridgehead atoms. The van der Waals surface area contributed by atoms with Gasteiger partial charge in [-0.3, -0.25) is 10.1 Å². The van der Waals surface area contributed by atoms with Crippen LogP contribution in [-0.2, 0) is 0 Å². The largest absolute Gasteiger partial charge is 0.354 e. The summed E-state index contributed by atoms with van der Waals surface area (Å²) in [7, 11) is 3.86. The number of rotatable bonds is 6. The van der Waals surface area contributed by atoms with Gasteiger partial charge in [0, 0.05) is 12.6 Å². The topological polar surface area (TPSA) is 95.1 Å². The molecule has 0 aliphatic heterocycles. The van der Waals surface area contributed by atoms with Crippen LogP contribution in [0, 0.1) is 21.4 Å². The highest BCUT2D eigenvalue weighted by molar-refractivity contribution is 5.41.